The predicted octanol–water partition coefficient (Wildman–Crippen LogP) is 2.98. The maximum Gasteiger partial charge on any atom is 0.279 e. The van der Waals surface area contributed by atoms with E-state index in [0.717, 1.165) is 16.6 Å². The van der Waals surface area contributed by atoms with Crippen LogP contribution in [0.15, 0.2) is 36.5 Å². The molecule has 0 aliphatic rings. The van der Waals surface area contributed by atoms with Gasteiger partial charge < -0.3 is 15.0 Å². The molecule has 1 aromatic carbocycles. The average molecular weight is 368 g/mol. The second-order valence-corrected chi connectivity index (χ2v) is 6.46. The van der Waals surface area contributed by atoms with Gasteiger partial charge in [-0.15, -0.1) is 0 Å². The third-order valence-corrected chi connectivity index (χ3v) is 4.38. The number of aryl methyl sites for hydroxylation is 3. The number of aromatic nitrogens is 2. The number of aliphatic hydroxyl groups is 1. The van der Waals surface area contributed by atoms with E-state index in [2.05, 4.69) is 21.8 Å². The van der Waals surface area contributed by atoms with E-state index in [1.807, 2.05) is 43.7 Å². The number of rotatable bonds is 7. The molecule has 0 fully saturated rings. The molecule has 0 saturated carbocycles. The SMILES string of the molecule is Cc1ccc(Nc2c(C(=O)NOCCCO)c3cccnc3n2C)c(C)c1. The topological polar surface area (TPSA) is 88.4 Å². The van der Waals surface area contributed by atoms with E-state index in [4.69, 9.17) is 9.94 Å². The van der Waals surface area contributed by atoms with Crippen LogP contribution in [0.5, 0.6) is 0 Å². The zero-order valence-corrected chi connectivity index (χ0v) is 15.7. The fourth-order valence-electron chi connectivity index (χ4n) is 3.02. The molecule has 0 unspecified atom stereocenters. The maximum absolute atomic E-state index is 12.8. The number of hydrogen-bond acceptors (Lipinski definition) is 5. The van der Waals surface area contributed by atoms with Crippen LogP contribution in [0.1, 0.15) is 27.9 Å². The normalized spacial score (nSPS) is 11.0. The molecule has 0 aliphatic heterocycles. The summed E-state index contributed by atoms with van der Waals surface area (Å²) in [4.78, 5) is 22.4. The van der Waals surface area contributed by atoms with Crippen molar-refractivity contribution in [3.63, 3.8) is 0 Å². The molecule has 1 amide bonds. The summed E-state index contributed by atoms with van der Waals surface area (Å²) in [7, 11) is 1.87. The van der Waals surface area contributed by atoms with E-state index in [0.29, 0.717) is 23.4 Å². The number of benzene rings is 1. The molecule has 3 N–H and O–H groups in total. The second-order valence-electron chi connectivity index (χ2n) is 6.46. The fraction of sp³-hybridized carbons (Fsp3) is 0.300. The molecule has 2 aromatic heterocycles. The number of carbonyl (C=O) groups is 1. The van der Waals surface area contributed by atoms with Crippen molar-refractivity contribution in [3.8, 4) is 0 Å². The van der Waals surface area contributed by atoms with E-state index in [9.17, 15) is 4.79 Å². The highest BCUT2D eigenvalue weighted by Gasteiger charge is 2.22. The van der Waals surface area contributed by atoms with Gasteiger partial charge in [0.15, 0.2) is 0 Å². The molecule has 0 bridgehead atoms. The first kappa shape index (κ1) is 18.9. The van der Waals surface area contributed by atoms with Crippen LogP contribution in [0, 0.1) is 13.8 Å². The average Bonchev–Trinajstić information content (AvgIpc) is 2.93. The van der Waals surface area contributed by atoms with Crippen molar-refractivity contribution in [1.29, 1.82) is 0 Å². The lowest BCUT2D eigenvalue weighted by Gasteiger charge is -2.13. The van der Waals surface area contributed by atoms with E-state index >= 15 is 0 Å². The molecule has 0 saturated heterocycles. The van der Waals surface area contributed by atoms with Crippen molar-refractivity contribution in [1.82, 2.24) is 15.0 Å². The summed E-state index contributed by atoms with van der Waals surface area (Å²) in [5.74, 6) is 0.276. The molecule has 2 heterocycles. The van der Waals surface area contributed by atoms with Gasteiger partial charge >= 0.3 is 0 Å². The Morgan fingerprint density at radius 1 is 1.30 bits per heavy atom. The standard InChI is InChI=1S/C20H24N4O3/c1-13-7-8-16(14(2)12-13)22-19-17(20(26)23-27-11-5-10-25)15-6-4-9-21-18(15)24(19)3/h4,6-9,12,22,25H,5,10-11H2,1-3H3,(H,23,26). The molecule has 0 aliphatic carbocycles. The Balaban J connectivity index is 2.00. The molecule has 27 heavy (non-hydrogen) atoms. The number of hydrogen-bond donors (Lipinski definition) is 3. The molecule has 7 heteroatoms. The highest BCUT2D eigenvalue weighted by Crippen LogP contribution is 2.31. The number of pyridine rings is 1. The number of nitrogens with one attached hydrogen (secondary N) is 2. The molecular weight excluding hydrogens is 344 g/mol. The number of aliphatic hydroxyl groups excluding tert-OH is 1. The Bertz CT molecular complexity index is 965. The van der Waals surface area contributed by atoms with E-state index in [1.165, 1.54) is 5.56 Å². The Morgan fingerprint density at radius 2 is 2.11 bits per heavy atom. The summed E-state index contributed by atoms with van der Waals surface area (Å²) in [6.45, 7) is 4.31. The van der Waals surface area contributed by atoms with Crippen molar-refractivity contribution >= 4 is 28.4 Å². The zero-order chi connectivity index (χ0) is 19.4. The van der Waals surface area contributed by atoms with Gasteiger partial charge in [-0.05, 0) is 44.0 Å². The van der Waals surface area contributed by atoms with Gasteiger partial charge in [0, 0.05) is 30.9 Å². The van der Waals surface area contributed by atoms with Crippen molar-refractivity contribution in [3.05, 3.63) is 53.2 Å². The van der Waals surface area contributed by atoms with E-state index in [1.54, 1.807) is 12.3 Å². The summed E-state index contributed by atoms with van der Waals surface area (Å²) < 4.78 is 1.86. The van der Waals surface area contributed by atoms with Crippen LogP contribution in [0.2, 0.25) is 0 Å². The van der Waals surface area contributed by atoms with Crippen LogP contribution in [-0.2, 0) is 11.9 Å². The number of fused-ring (bicyclic) bond motifs is 1. The Kier molecular flexibility index (Phi) is 5.73. The molecule has 0 radical (unpaired) electrons. The minimum Gasteiger partial charge on any atom is -0.396 e. The second kappa shape index (κ2) is 8.20. The van der Waals surface area contributed by atoms with Crippen LogP contribution >= 0.6 is 0 Å². The number of carbonyl (C=O) groups excluding carboxylic acids is 1. The van der Waals surface area contributed by atoms with Crippen molar-refractivity contribution in [2.45, 2.75) is 20.3 Å². The molecular formula is C20H24N4O3. The molecule has 142 valence electrons. The lowest BCUT2D eigenvalue weighted by atomic mass is 10.1. The van der Waals surface area contributed by atoms with E-state index in [-0.39, 0.29) is 19.1 Å². The van der Waals surface area contributed by atoms with Gasteiger partial charge in [-0.25, -0.2) is 10.5 Å². The molecule has 3 rings (SSSR count). The first-order chi connectivity index (χ1) is 13.0. The third kappa shape index (κ3) is 3.94. The Labute approximate surface area is 157 Å². The predicted molar refractivity (Wildman–Crippen MR) is 105 cm³/mol. The fourth-order valence-corrected chi connectivity index (χ4v) is 3.02. The summed E-state index contributed by atoms with van der Waals surface area (Å²) in [6.07, 6.45) is 2.15. The van der Waals surface area contributed by atoms with Gasteiger partial charge in [0.2, 0.25) is 0 Å². The first-order valence-corrected chi connectivity index (χ1v) is 8.83. The highest BCUT2D eigenvalue weighted by molar-refractivity contribution is 6.11. The zero-order valence-electron chi connectivity index (χ0n) is 15.7. The van der Waals surface area contributed by atoms with Crippen molar-refractivity contribution < 1.29 is 14.7 Å². The van der Waals surface area contributed by atoms with Gasteiger partial charge in [-0.2, -0.15) is 0 Å². The van der Waals surface area contributed by atoms with Crippen molar-refractivity contribution in [2.75, 3.05) is 18.5 Å². The monoisotopic (exact) mass is 368 g/mol. The van der Waals surface area contributed by atoms with Crippen LogP contribution < -0.4 is 10.8 Å². The Hall–Kier alpha value is -2.90. The number of amides is 1. The summed E-state index contributed by atoms with van der Waals surface area (Å²) in [6, 6.07) is 9.76. The first-order valence-electron chi connectivity index (χ1n) is 8.83. The minimum absolute atomic E-state index is 0.00750. The number of anilines is 2. The third-order valence-electron chi connectivity index (χ3n) is 4.38. The van der Waals surface area contributed by atoms with Crippen molar-refractivity contribution in [2.24, 2.45) is 7.05 Å². The molecule has 3 aromatic rings. The van der Waals surface area contributed by atoms with Gasteiger partial charge in [0.1, 0.15) is 11.5 Å². The van der Waals surface area contributed by atoms with Crippen LogP contribution in [0.3, 0.4) is 0 Å². The summed E-state index contributed by atoms with van der Waals surface area (Å²) >= 11 is 0. The smallest absolute Gasteiger partial charge is 0.279 e. The number of nitrogens with zero attached hydrogens (tertiary/aromatic N) is 2. The highest BCUT2D eigenvalue weighted by atomic mass is 16.6. The van der Waals surface area contributed by atoms with Gasteiger partial charge in [0.05, 0.1) is 12.2 Å². The summed E-state index contributed by atoms with van der Waals surface area (Å²) in [5.41, 5.74) is 6.79. The van der Waals surface area contributed by atoms with Crippen LogP contribution in [-0.4, -0.2) is 33.8 Å². The summed E-state index contributed by atoms with van der Waals surface area (Å²) in [5, 5.41) is 12.9. The molecule has 7 nitrogen and oxygen atoms in total. The van der Waals surface area contributed by atoms with Gasteiger partial charge in [0.25, 0.3) is 5.91 Å². The Morgan fingerprint density at radius 3 is 2.85 bits per heavy atom. The number of hydroxylamine groups is 1. The lowest BCUT2D eigenvalue weighted by Crippen LogP contribution is -2.25. The molecule has 0 spiro atoms. The minimum atomic E-state index is -0.362. The van der Waals surface area contributed by atoms with Gasteiger partial charge in [-0.1, -0.05) is 17.7 Å². The lowest BCUT2D eigenvalue weighted by molar-refractivity contribution is 0.0264. The van der Waals surface area contributed by atoms with Crippen LogP contribution in [0.4, 0.5) is 11.5 Å². The maximum atomic E-state index is 12.8. The quantitative estimate of drug-likeness (QED) is 0.441. The largest absolute Gasteiger partial charge is 0.396 e. The van der Waals surface area contributed by atoms with E-state index < -0.39 is 0 Å². The van der Waals surface area contributed by atoms with Crippen LogP contribution in [0.25, 0.3) is 11.0 Å². The molecule has 0 atom stereocenters. The van der Waals surface area contributed by atoms with Gasteiger partial charge in [-0.3, -0.25) is 9.63 Å².